The number of rotatable bonds is 4. The zero-order chi connectivity index (χ0) is 21.2. The minimum Gasteiger partial charge on any atom is -0.406 e. The Kier molecular flexibility index (Phi) is 5.41. The zero-order valence-corrected chi connectivity index (χ0v) is 14.3. The van der Waals surface area contributed by atoms with E-state index in [-0.39, 0.29) is 5.75 Å². The van der Waals surface area contributed by atoms with Crippen molar-refractivity contribution in [3.63, 3.8) is 0 Å². The molecule has 0 fully saturated rings. The third-order valence-corrected chi connectivity index (χ3v) is 3.80. The number of alkyl halides is 6. The molecular weight excluding hydrogens is 405 g/mol. The van der Waals surface area contributed by atoms with Crippen LogP contribution >= 0.6 is 0 Å². The van der Waals surface area contributed by atoms with Gasteiger partial charge in [-0.15, -0.1) is 26.3 Å². The predicted molar refractivity (Wildman–Crippen MR) is 90.6 cm³/mol. The Labute approximate surface area is 160 Å². The zero-order valence-electron chi connectivity index (χ0n) is 14.3. The molecule has 0 bridgehead atoms. The first kappa shape index (κ1) is 20.5. The van der Waals surface area contributed by atoms with Gasteiger partial charge in [-0.3, -0.25) is 0 Å². The molecule has 3 aromatic carbocycles. The van der Waals surface area contributed by atoms with E-state index in [9.17, 15) is 30.7 Å². The van der Waals surface area contributed by atoms with Crippen LogP contribution in [0.3, 0.4) is 0 Å². The quantitative estimate of drug-likeness (QED) is 0.428. The lowest BCUT2D eigenvalue weighted by Crippen LogP contribution is -2.17. The summed E-state index contributed by atoms with van der Waals surface area (Å²) in [5, 5.41) is 0. The Balaban J connectivity index is 1.77. The van der Waals surface area contributed by atoms with Crippen LogP contribution in [0.4, 0.5) is 30.7 Å². The molecule has 0 radical (unpaired) electrons. The molecule has 3 rings (SSSR count). The van der Waals surface area contributed by atoms with Crippen LogP contribution in [0.15, 0.2) is 66.7 Å². The van der Waals surface area contributed by atoms with Crippen LogP contribution in [0.2, 0.25) is 0 Å². The summed E-state index contributed by atoms with van der Waals surface area (Å²) in [6, 6.07) is 14.8. The van der Waals surface area contributed by atoms with Crippen molar-refractivity contribution < 1.29 is 40.2 Å². The molecule has 152 valence electrons. The average molecular weight is 416 g/mol. The van der Waals surface area contributed by atoms with Crippen LogP contribution < -0.4 is 9.47 Å². The largest absolute Gasteiger partial charge is 0.573 e. The van der Waals surface area contributed by atoms with Gasteiger partial charge in [-0.1, -0.05) is 42.5 Å². The Bertz CT molecular complexity index is 976. The summed E-state index contributed by atoms with van der Waals surface area (Å²) in [4.78, 5) is 0. The summed E-state index contributed by atoms with van der Waals surface area (Å²) in [5.41, 5.74) is 2.15. The molecule has 0 aliphatic heterocycles. The fourth-order valence-electron chi connectivity index (χ4n) is 2.59. The molecule has 0 aliphatic rings. The van der Waals surface area contributed by atoms with E-state index >= 15 is 0 Å². The normalized spacial score (nSPS) is 12.0. The third-order valence-electron chi connectivity index (χ3n) is 3.80. The molecule has 0 saturated heterocycles. The summed E-state index contributed by atoms with van der Waals surface area (Å²) < 4.78 is 94.4. The van der Waals surface area contributed by atoms with Crippen LogP contribution in [0.25, 0.3) is 22.3 Å². The SMILES string of the molecule is Fc1cc(-c2ccc(-c3ccc(OC(F)(F)F)cc3)cc2)ccc1OC(F)(F)F. The Morgan fingerprint density at radius 2 is 0.931 bits per heavy atom. The van der Waals surface area contributed by atoms with Crippen LogP contribution in [0.5, 0.6) is 11.5 Å². The molecule has 0 aromatic heterocycles. The number of hydrogen-bond donors (Lipinski definition) is 0. The van der Waals surface area contributed by atoms with Crippen LogP contribution in [0, 0.1) is 5.82 Å². The summed E-state index contributed by atoms with van der Waals surface area (Å²) in [5.74, 6) is -2.45. The van der Waals surface area contributed by atoms with E-state index in [1.165, 1.54) is 30.3 Å². The maximum Gasteiger partial charge on any atom is 0.573 e. The average Bonchev–Trinajstić information content (AvgIpc) is 2.62. The maximum absolute atomic E-state index is 13.8. The second kappa shape index (κ2) is 7.65. The van der Waals surface area contributed by atoms with Crippen molar-refractivity contribution in [2.24, 2.45) is 0 Å². The van der Waals surface area contributed by atoms with Crippen molar-refractivity contribution in [3.8, 4) is 33.8 Å². The van der Waals surface area contributed by atoms with Crippen molar-refractivity contribution in [1.29, 1.82) is 0 Å². The Hall–Kier alpha value is -3.23. The molecule has 0 amide bonds. The highest BCUT2D eigenvalue weighted by Crippen LogP contribution is 2.31. The smallest absolute Gasteiger partial charge is 0.406 e. The monoisotopic (exact) mass is 416 g/mol. The van der Waals surface area contributed by atoms with Crippen LogP contribution in [0.1, 0.15) is 0 Å². The van der Waals surface area contributed by atoms with Crippen LogP contribution in [-0.4, -0.2) is 12.7 Å². The molecule has 0 unspecified atom stereocenters. The predicted octanol–water partition coefficient (Wildman–Crippen LogP) is 6.96. The van der Waals surface area contributed by atoms with E-state index in [0.717, 1.165) is 12.1 Å². The lowest BCUT2D eigenvalue weighted by molar-refractivity contribution is -0.276. The number of hydrogen-bond acceptors (Lipinski definition) is 2. The Morgan fingerprint density at radius 1 is 0.517 bits per heavy atom. The molecule has 0 saturated carbocycles. The van der Waals surface area contributed by atoms with E-state index in [4.69, 9.17) is 0 Å². The highest BCUT2D eigenvalue weighted by molar-refractivity contribution is 5.71. The minimum atomic E-state index is -5.00. The van der Waals surface area contributed by atoms with Gasteiger partial charge < -0.3 is 9.47 Å². The van der Waals surface area contributed by atoms with E-state index in [1.54, 1.807) is 24.3 Å². The third kappa shape index (κ3) is 5.63. The van der Waals surface area contributed by atoms with E-state index < -0.39 is 24.3 Å². The molecule has 0 N–H and O–H groups in total. The summed E-state index contributed by atoms with van der Waals surface area (Å²) in [6.07, 6.45) is -9.77. The maximum atomic E-state index is 13.8. The fraction of sp³-hybridized carbons (Fsp3) is 0.100. The first-order valence-corrected chi connectivity index (χ1v) is 8.02. The molecule has 9 heteroatoms. The van der Waals surface area contributed by atoms with Gasteiger partial charge in [0.25, 0.3) is 0 Å². The summed E-state index contributed by atoms with van der Waals surface area (Å²) >= 11 is 0. The molecule has 0 heterocycles. The van der Waals surface area contributed by atoms with Gasteiger partial charge in [0, 0.05) is 0 Å². The van der Waals surface area contributed by atoms with E-state index in [0.29, 0.717) is 22.3 Å². The second-order valence-corrected chi connectivity index (χ2v) is 5.84. The van der Waals surface area contributed by atoms with E-state index in [2.05, 4.69) is 9.47 Å². The Morgan fingerprint density at radius 3 is 1.38 bits per heavy atom. The minimum absolute atomic E-state index is 0.331. The van der Waals surface area contributed by atoms with Crippen molar-refractivity contribution in [3.05, 3.63) is 72.5 Å². The highest BCUT2D eigenvalue weighted by Gasteiger charge is 2.32. The first-order chi connectivity index (χ1) is 13.5. The number of halogens is 7. The van der Waals surface area contributed by atoms with Gasteiger partial charge in [0.1, 0.15) is 5.75 Å². The molecule has 3 aromatic rings. The van der Waals surface area contributed by atoms with Gasteiger partial charge >= 0.3 is 12.7 Å². The molecule has 2 nitrogen and oxygen atoms in total. The second-order valence-electron chi connectivity index (χ2n) is 5.84. The van der Waals surface area contributed by atoms with Gasteiger partial charge in [0.2, 0.25) is 0 Å². The van der Waals surface area contributed by atoms with Gasteiger partial charge in [0.15, 0.2) is 11.6 Å². The first-order valence-electron chi connectivity index (χ1n) is 8.02. The van der Waals surface area contributed by atoms with Crippen molar-refractivity contribution in [1.82, 2.24) is 0 Å². The van der Waals surface area contributed by atoms with Gasteiger partial charge in [-0.25, -0.2) is 4.39 Å². The van der Waals surface area contributed by atoms with E-state index in [1.807, 2.05) is 0 Å². The molecule has 0 spiro atoms. The summed E-state index contributed by atoms with van der Waals surface area (Å²) in [7, 11) is 0. The molecule has 29 heavy (non-hydrogen) atoms. The van der Waals surface area contributed by atoms with Gasteiger partial charge in [-0.2, -0.15) is 0 Å². The van der Waals surface area contributed by atoms with Crippen molar-refractivity contribution in [2.45, 2.75) is 12.7 Å². The van der Waals surface area contributed by atoms with Crippen molar-refractivity contribution in [2.75, 3.05) is 0 Å². The molecule has 0 atom stereocenters. The van der Waals surface area contributed by atoms with Crippen LogP contribution in [-0.2, 0) is 0 Å². The number of benzene rings is 3. The lowest BCUT2D eigenvalue weighted by Gasteiger charge is -2.11. The van der Waals surface area contributed by atoms with Gasteiger partial charge in [-0.05, 0) is 46.5 Å². The molecule has 0 aliphatic carbocycles. The van der Waals surface area contributed by atoms with Gasteiger partial charge in [0.05, 0.1) is 0 Å². The highest BCUT2D eigenvalue weighted by atomic mass is 19.4. The fourth-order valence-corrected chi connectivity index (χ4v) is 2.59. The number of ether oxygens (including phenoxy) is 2. The molecular formula is C20H11F7O2. The lowest BCUT2D eigenvalue weighted by atomic mass is 10.00. The van der Waals surface area contributed by atoms with Crippen molar-refractivity contribution >= 4 is 0 Å². The summed E-state index contributed by atoms with van der Waals surface area (Å²) in [6.45, 7) is 0. The standard InChI is InChI=1S/C20H11F7O2/c21-17-11-15(7-10-18(17)29-20(25,26)27)14-3-1-12(2-4-14)13-5-8-16(9-6-13)28-19(22,23)24/h1-11H. The topological polar surface area (TPSA) is 18.5 Å².